The molecule has 3 nitrogen and oxygen atoms in total. The molecule has 1 fully saturated rings. The minimum atomic E-state index is 0.675. The number of nitrogens with zero attached hydrogens (tertiary/aromatic N) is 2. The van der Waals surface area contributed by atoms with E-state index < -0.39 is 0 Å². The van der Waals surface area contributed by atoms with Crippen molar-refractivity contribution < 1.29 is 0 Å². The molecule has 0 bridgehead atoms. The van der Waals surface area contributed by atoms with Gasteiger partial charge >= 0.3 is 0 Å². The van der Waals surface area contributed by atoms with E-state index in [-0.39, 0.29) is 0 Å². The summed E-state index contributed by atoms with van der Waals surface area (Å²) in [7, 11) is 0. The lowest BCUT2D eigenvalue weighted by Gasteiger charge is -2.06. The number of aromatic nitrogens is 2. The zero-order valence-corrected chi connectivity index (χ0v) is 11.8. The van der Waals surface area contributed by atoms with Crippen molar-refractivity contribution in [3.63, 3.8) is 0 Å². The van der Waals surface area contributed by atoms with Crippen LogP contribution in [0.5, 0.6) is 0 Å². The Morgan fingerprint density at radius 3 is 2.89 bits per heavy atom. The highest BCUT2D eigenvalue weighted by Crippen LogP contribution is 2.40. The van der Waals surface area contributed by atoms with Gasteiger partial charge in [0.1, 0.15) is 0 Å². The normalized spacial score (nSPS) is 15.3. The summed E-state index contributed by atoms with van der Waals surface area (Å²) in [6.07, 6.45) is 3.53. The first-order valence-electron chi connectivity index (χ1n) is 6.54. The summed E-state index contributed by atoms with van der Waals surface area (Å²) in [5, 5.41) is 3.30. The number of thiazole rings is 1. The van der Waals surface area contributed by atoms with Gasteiger partial charge in [-0.1, -0.05) is 0 Å². The molecule has 0 unspecified atom stereocenters. The number of aryl methyl sites for hydroxylation is 1. The van der Waals surface area contributed by atoms with Gasteiger partial charge in [0.05, 0.1) is 10.7 Å². The minimum absolute atomic E-state index is 0.675. The molecule has 0 atom stereocenters. The van der Waals surface area contributed by atoms with E-state index in [2.05, 4.69) is 29.9 Å². The summed E-state index contributed by atoms with van der Waals surface area (Å²) in [6, 6.07) is 3.01. The van der Waals surface area contributed by atoms with Crippen LogP contribution in [0.25, 0.3) is 11.3 Å². The predicted molar refractivity (Wildman–Crippen MR) is 76.0 cm³/mol. The van der Waals surface area contributed by atoms with E-state index in [0.717, 1.165) is 23.2 Å². The van der Waals surface area contributed by atoms with Crippen molar-refractivity contribution in [3.05, 3.63) is 27.8 Å². The Kier molecular flexibility index (Phi) is 2.99. The fourth-order valence-electron chi connectivity index (χ4n) is 2.60. The van der Waals surface area contributed by atoms with E-state index >= 15 is 0 Å². The Morgan fingerprint density at radius 1 is 1.44 bits per heavy atom. The van der Waals surface area contributed by atoms with Gasteiger partial charge in [0.2, 0.25) is 0 Å². The number of nitrogens with two attached hydrogens (primary N) is 1. The second-order valence-corrected chi connectivity index (χ2v) is 5.99. The van der Waals surface area contributed by atoms with Gasteiger partial charge in [-0.05, 0) is 39.3 Å². The lowest BCUT2D eigenvalue weighted by atomic mass is 10.2. The van der Waals surface area contributed by atoms with Crippen molar-refractivity contribution in [2.75, 3.05) is 6.54 Å². The van der Waals surface area contributed by atoms with Crippen LogP contribution in [0, 0.1) is 13.8 Å². The average Bonchev–Trinajstić information content (AvgIpc) is 2.98. The summed E-state index contributed by atoms with van der Waals surface area (Å²) >= 11 is 1.72. The van der Waals surface area contributed by atoms with Crippen molar-refractivity contribution in [2.45, 2.75) is 39.2 Å². The Balaban J connectivity index is 1.97. The highest BCUT2D eigenvalue weighted by Gasteiger charge is 2.27. The molecule has 2 aromatic rings. The Bertz CT molecular complexity index is 564. The molecule has 0 aromatic carbocycles. The van der Waals surface area contributed by atoms with Crippen molar-refractivity contribution in [1.82, 2.24) is 9.55 Å². The molecule has 0 amide bonds. The van der Waals surface area contributed by atoms with Gasteiger partial charge < -0.3 is 10.3 Å². The van der Waals surface area contributed by atoms with Crippen molar-refractivity contribution in [2.24, 2.45) is 5.73 Å². The standard InChI is InChI=1S/C14H19N3S/c1-9-7-12(10(2)17(9)11-3-4-11)13-8-18-14(16-13)5-6-15/h7-8,11H,3-6,15H2,1-2H3. The van der Waals surface area contributed by atoms with E-state index in [1.165, 1.54) is 29.8 Å². The molecule has 1 aliphatic rings. The first-order valence-corrected chi connectivity index (χ1v) is 7.42. The zero-order chi connectivity index (χ0) is 12.7. The molecule has 96 valence electrons. The predicted octanol–water partition coefficient (Wildman–Crippen LogP) is 3.06. The first-order chi connectivity index (χ1) is 8.70. The monoisotopic (exact) mass is 261 g/mol. The maximum Gasteiger partial charge on any atom is 0.0945 e. The van der Waals surface area contributed by atoms with Crippen LogP contribution in [-0.4, -0.2) is 16.1 Å². The molecule has 0 saturated heterocycles. The summed E-state index contributed by atoms with van der Waals surface area (Å²) in [4.78, 5) is 4.69. The number of hydrogen-bond acceptors (Lipinski definition) is 3. The summed E-state index contributed by atoms with van der Waals surface area (Å²) in [6.45, 7) is 5.08. The van der Waals surface area contributed by atoms with Gasteiger partial charge in [0.25, 0.3) is 0 Å². The van der Waals surface area contributed by atoms with Crippen LogP contribution >= 0.6 is 11.3 Å². The molecule has 18 heavy (non-hydrogen) atoms. The van der Waals surface area contributed by atoms with Crippen molar-refractivity contribution in [1.29, 1.82) is 0 Å². The lowest BCUT2D eigenvalue weighted by Crippen LogP contribution is -2.02. The average molecular weight is 261 g/mol. The third kappa shape index (κ3) is 1.99. The molecule has 1 saturated carbocycles. The Hall–Kier alpha value is -1.13. The third-order valence-electron chi connectivity index (χ3n) is 3.58. The summed E-state index contributed by atoms with van der Waals surface area (Å²) in [5.41, 5.74) is 10.7. The van der Waals surface area contributed by atoms with E-state index in [1.807, 2.05) is 0 Å². The van der Waals surface area contributed by atoms with Gasteiger partial charge in [0.15, 0.2) is 0 Å². The maximum absolute atomic E-state index is 5.58. The molecule has 2 aromatic heterocycles. The maximum atomic E-state index is 5.58. The fourth-order valence-corrected chi connectivity index (χ4v) is 3.42. The largest absolute Gasteiger partial charge is 0.345 e. The summed E-state index contributed by atoms with van der Waals surface area (Å²) < 4.78 is 2.47. The topological polar surface area (TPSA) is 43.8 Å². The Labute approximate surface area is 112 Å². The molecular weight excluding hydrogens is 242 g/mol. The second kappa shape index (κ2) is 4.52. The van der Waals surface area contributed by atoms with Gasteiger partial charge in [-0.25, -0.2) is 4.98 Å². The first kappa shape index (κ1) is 11.9. The smallest absolute Gasteiger partial charge is 0.0945 e. The van der Waals surface area contributed by atoms with E-state index in [1.54, 1.807) is 11.3 Å². The van der Waals surface area contributed by atoms with E-state index in [0.29, 0.717) is 6.54 Å². The van der Waals surface area contributed by atoms with Crippen LogP contribution in [0.3, 0.4) is 0 Å². The second-order valence-electron chi connectivity index (χ2n) is 5.05. The van der Waals surface area contributed by atoms with Crippen LogP contribution in [-0.2, 0) is 6.42 Å². The molecule has 2 heterocycles. The van der Waals surface area contributed by atoms with Gasteiger partial charge in [-0.3, -0.25) is 0 Å². The molecule has 0 radical (unpaired) electrons. The van der Waals surface area contributed by atoms with Crippen molar-refractivity contribution >= 4 is 11.3 Å². The molecule has 3 rings (SSSR count). The molecule has 0 aliphatic heterocycles. The third-order valence-corrected chi connectivity index (χ3v) is 4.49. The van der Waals surface area contributed by atoms with Gasteiger partial charge in [-0.2, -0.15) is 0 Å². The quantitative estimate of drug-likeness (QED) is 0.919. The molecule has 1 aliphatic carbocycles. The van der Waals surface area contributed by atoms with Crippen LogP contribution in [0.4, 0.5) is 0 Å². The number of hydrogen-bond donors (Lipinski definition) is 1. The highest BCUT2D eigenvalue weighted by atomic mass is 32.1. The minimum Gasteiger partial charge on any atom is -0.345 e. The Morgan fingerprint density at radius 2 is 2.22 bits per heavy atom. The van der Waals surface area contributed by atoms with Crippen LogP contribution in [0.15, 0.2) is 11.4 Å². The highest BCUT2D eigenvalue weighted by molar-refractivity contribution is 7.09. The molecular formula is C14H19N3S. The van der Waals surface area contributed by atoms with Gasteiger partial charge in [0, 0.05) is 34.8 Å². The van der Waals surface area contributed by atoms with Crippen molar-refractivity contribution in [3.8, 4) is 11.3 Å². The summed E-state index contributed by atoms with van der Waals surface area (Å²) in [5.74, 6) is 0. The lowest BCUT2D eigenvalue weighted by molar-refractivity contribution is 0.700. The number of rotatable bonds is 4. The van der Waals surface area contributed by atoms with Crippen LogP contribution in [0.1, 0.15) is 35.3 Å². The fraction of sp³-hybridized carbons (Fsp3) is 0.500. The van der Waals surface area contributed by atoms with Crippen LogP contribution in [0.2, 0.25) is 0 Å². The van der Waals surface area contributed by atoms with E-state index in [4.69, 9.17) is 10.7 Å². The molecule has 0 spiro atoms. The molecule has 2 N–H and O–H groups in total. The molecule has 4 heteroatoms. The SMILES string of the molecule is Cc1cc(-c2csc(CCN)n2)c(C)n1C1CC1. The van der Waals surface area contributed by atoms with Crippen LogP contribution < -0.4 is 5.73 Å². The zero-order valence-electron chi connectivity index (χ0n) is 10.9. The van der Waals surface area contributed by atoms with Gasteiger partial charge in [-0.15, -0.1) is 11.3 Å². The van der Waals surface area contributed by atoms with E-state index in [9.17, 15) is 0 Å².